The molecule has 5 N–H and O–H groups in total. The summed E-state index contributed by atoms with van der Waals surface area (Å²) in [6.07, 6.45) is -22.3. The SMILES string of the molecule is CC(=O)Nc1ccn([C@@H]2O[C@H](COP(=O)(O)O[C@@]3(C(=O)O)C[C@H](OC(C)=O)[C@@H](NC(=O)CNC(=O)C(F)(F)F)C([C@H](OC(C)=O)[C@@H](COC(C)=O)OC(C)=O)O3)C(OC(C)=O)[C@@H]2OC(C)=O)c(=O)n1. The number of anilines is 1. The van der Waals surface area contributed by atoms with E-state index in [9.17, 15) is 80.5 Å². The molecule has 0 bridgehead atoms. The van der Waals surface area contributed by atoms with Crippen LogP contribution in [-0.4, -0.2) is 160 Å². The molecule has 3 unspecified atom stereocenters. The van der Waals surface area contributed by atoms with Crippen molar-refractivity contribution in [1.82, 2.24) is 20.2 Å². The van der Waals surface area contributed by atoms with Crippen molar-refractivity contribution < 1.29 is 123 Å². The quantitative estimate of drug-likeness (QED) is 0.0546. The summed E-state index contributed by atoms with van der Waals surface area (Å²) < 4.78 is 106. The minimum Gasteiger partial charge on any atom is -0.477 e. The molecule has 69 heavy (non-hydrogen) atoms. The van der Waals surface area contributed by atoms with Crippen LogP contribution in [0.4, 0.5) is 19.0 Å². The van der Waals surface area contributed by atoms with Gasteiger partial charge in [0.05, 0.1) is 25.6 Å². The van der Waals surface area contributed by atoms with Gasteiger partial charge in [-0.05, 0) is 6.07 Å². The van der Waals surface area contributed by atoms with E-state index in [1.54, 1.807) is 0 Å². The van der Waals surface area contributed by atoms with Gasteiger partial charge < -0.3 is 63.8 Å². The second-order valence-electron chi connectivity index (χ2n) is 14.5. The summed E-state index contributed by atoms with van der Waals surface area (Å²) >= 11 is 0. The molecule has 3 amide bonds. The highest BCUT2D eigenvalue weighted by Crippen LogP contribution is 2.52. The van der Waals surface area contributed by atoms with E-state index in [-0.39, 0.29) is 5.82 Å². The van der Waals surface area contributed by atoms with Crippen LogP contribution < -0.4 is 21.6 Å². The molecule has 0 spiro atoms. The zero-order chi connectivity index (χ0) is 52.3. The van der Waals surface area contributed by atoms with Crippen LogP contribution in [0, 0.1) is 0 Å². The Hall–Kier alpha value is -6.60. The third-order valence-corrected chi connectivity index (χ3v) is 9.91. The fourth-order valence-electron chi connectivity index (χ4n) is 6.56. The first-order valence-electron chi connectivity index (χ1n) is 19.6. The summed E-state index contributed by atoms with van der Waals surface area (Å²) in [6, 6.07) is -1.06. The minimum atomic E-state index is -6.06. The van der Waals surface area contributed by atoms with Gasteiger partial charge in [-0.3, -0.25) is 52.2 Å². The summed E-state index contributed by atoms with van der Waals surface area (Å²) in [5.74, 6) is -18.1. The van der Waals surface area contributed by atoms with Gasteiger partial charge in [-0.15, -0.1) is 0 Å². The van der Waals surface area contributed by atoms with Crippen molar-refractivity contribution in [2.45, 2.75) is 122 Å². The van der Waals surface area contributed by atoms with Crippen molar-refractivity contribution in [3.8, 4) is 0 Å². The lowest BCUT2D eigenvalue weighted by molar-refractivity contribution is -0.292. The fourth-order valence-corrected chi connectivity index (χ4v) is 7.52. The number of carboxylic acids is 1. The van der Waals surface area contributed by atoms with Crippen LogP contribution >= 0.6 is 7.82 Å². The van der Waals surface area contributed by atoms with Crippen LogP contribution in [0.25, 0.3) is 0 Å². The van der Waals surface area contributed by atoms with E-state index in [1.165, 1.54) is 5.32 Å². The van der Waals surface area contributed by atoms with Gasteiger partial charge >= 0.3 is 67.4 Å². The number of esters is 6. The molecule has 0 radical (unpaired) electrons. The molecule has 33 heteroatoms. The van der Waals surface area contributed by atoms with Crippen molar-refractivity contribution in [1.29, 1.82) is 0 Å². The normalized spacial score (nSPS) is 24.9. The van der Waals surface area contributed by atoms with E-state index in [4.69, 9.17) is 46.9 Å². The smallest absolute Gasteiger partial charge is 0.475 e. The third kappa shape index (κ3) is 16.6. The number of hydrogen-bond acceptors (Lipinski definition) is 23. The standard InChI is InChI=1S/C36H45F3N5O24P/c1-14(45)41-24-8-9-44(34(56)42-24)31-30(65-20(7)51)28(64-19(6)50)23(66-31)13-60-69(57,58)68-35(33(54)55)10-21(61-16(3)47)26(43-25(52)11-40-32(53)36(37,38)39)29(67-35)27(63-18(5)49)22(62-17(4)48)12-59-15(2)46/h8-9,21-23,26-31H,10-13H2,1-7H3,(H,40,53)(H,43,52)(H,54,55)(H,57,58)(H,41,42,45,56)/t21-,22+,23+,26+,27+,28?,29?,30-,31+,35+/m0/s1. The van der Waals surface area contributed by atoms with Gasteiger partial charge in [0.15, 0.2) is 30.6 Å². The number of phosphoric ester groups is 1. The Labute approximate surface area is 385 Å². The Morgan fingerprint density at radius 2 is 1.49 bits per heavy atom. The Morgan fingerprint density at radius 1 is 0.899 bits per heavy atom. The van der Waals surface area contributed by atoms with E-state index in [1.807, 2.05) is 5.32 Å². The number of aromatic nitrogens is 2. The van der Waals surface area contributed by atoms with Crippen LogP contribution in [0.1, 0.15) is 61.1 Å². The maximum absolute atomic E-state index is 13.9. The van der Waals surface area contributed by atoms with Crippen LogP contribution in [0.5, 0.6) is 0 Å². The molecule has 11 atom stereocenters. The van der Waals surface area contributed by atoms with Gasteiger partial charge in [0.2, 0.25) is 11.8 Å². The highest BCUT2D eigenvalue weighted by molar-refractivity contribution is 7.47. The zero-order valence-corrected chi connectivity index (χ0v) is 37.9. The lowest BCUT2D eigenvalue weighted by atomic mass is 9.88. The van der Waals surface area contributed by atoms with E-state index >= 15 is 0 Å². The average molecular weight is 1020 g/mol. The number of halogens is 3. The van der Waals surface area contributed by atoms with Crippen molar-refractivity contribution in [2.75, 3.05) is 25.1 Å². The van der Waals surface area contributed by atoms with Gasteiger partial charge in [-0.25, -0.2) is 18.7 Å². The second kappa shape index (κ2) is 23.6. The fraction of sp³-hybridized carbons (Fsp3) is 0.611. The number of hydrogen-bond donors (Lipinski definition) is 5. The Morgan fingerprint density at radius 3 is 2.00 bits per heavy atom. The number of aliphatic carboxylic acids is 1. The van der Waals surface area contributed by atoms with Crippen molar-refractivity contribution >= 4 is 73.1 Å². The molecule has 0 saturated carbocycles. The van der Waals surface area contributed by atoms with Crippen LogP contribution in [0.15, 0.2) is 17.1 Å². The van der Waals surface area contributed by atoms with Gasteiger partial charge in [0.25, 0.3) is 5.79 Å². The molecule has 1 aromatic heterocycles. The predicted octanol–water partition coefficient (Wildman–Crippen LogP) is -1.81. The Kier molecular flexibility index (Phi) is 19.4. The lowest BCUT2D eigenvalue weighted by Gasteiger charge is -2.48. The molecule has 1 aromatic rings. The first-order valence-corrected chi connectivity index (χ1v) is 21.1. The average Bonchev–Trinajstić information content (AvgIpc) is 3.51. The van der Waals surface area contributed by atoms with E-state index in [2.05, 4.69) is 10.3 Å². The number of carboxylic acid groups (broad SMARTS) is 1. The number of amides is 3. The molecule has 3 heterocycles. The second-order valence-corrected chi connectivity index (χ2v) is 15.9. The van der Waals surface area contributed by atoms with E-state index in [0.29, 0.717) is 4.57 Å². The van der Waals surface area contributed by atoms with Crippen LogP contribution in [-0.2, 0) is 99.5 Å². The number of carbonyl (C=O) groups is 10. The van der Waals surface area contributed by atoms with Crippen LogP contribution in [0.2, 0.25) is 0 Å². The summed E-state index contributed by atoms with van der Waals surface area (Å²) in [6.45, 7) is 2.18. The molecule has 2 aliphatic rings. The molecule has 3 rings (SSSR count). The molecular weight excluding hydrogens is 974 g/mol. The summed E-state index contributed by atoms with van der Waals surface area (Å²) in [5, 5.41) is 16.2. The van der Waals surface area contributed by atoms with E-state index in [0.717, 1.165) is 60.7 Å². The highest BCUT2D eigenvalue weighted by atomic mass is 31.2. The number of alkyl halides is 3. The third-order valence-electron chi connectivity index (χ3n) is 8.91. The lowest BCUT2D eigenvalue weighted by Crippen LogP contribution is -2.69. The minimum absolute atomic E-state index is 0.232. The topological polar surface area (TPSA) is 392 Å². The van der Waals surface area contributed by atoms with Gasteiger partial charge in [0, 0.05) is 54.7 Å². The Bertz CT molecular complexity index is 2280. The zero-order valence-electron chi connectivity index (χ0n) is 37.0. The van der Waals surface area contributed by atoms with Crippen molar-refractivity contribution in [3.05, 3.63) is 22.7 Å². The van der Waals surface area contributed by atoms with Crippen molar-refractivity contribution in [3.63, 3.8) is 0 Å². The molecular formula is C36H45F3N5O24P. The van der Waals surface area contributed by atoms with Gasteiger partial charge in [-0.2, -0.15) is 18.2 Å². The molecule has 2 fully saturated rings. The number of nitrogens with zero attached hydrogens (tertiary/aromatic N) is 2. The summed E-state index contributed by atoms with van der Waals surface area (Å²) in [4.78, 5) is 151. The molecule has 0 aliphatic carbocycles. The van der Waals surface area contributed by atoms with Gasteiger partial charge in [-0.1, -0.05) is 0 Å². The number of phosphoric acid groups is 1. The maximum Gasteiger partial charge on any atom is 0.475 e. The van der Waals surface area contributed by atoms with Gasteiger partial charge in [0.1, 0.15) is 30.7 Å². The number of ether oxygens (including phenoxy) is 8. The summed E-state index contributed by atoms with van der Waals surface area (Å²) in [5.41, 5.74) is -1.14. The maximum atomic E-state index is 13.9. The molecule has 2 saturated heterocycles. The Balaban J connectivity index is 2.16. The first kappa shape index (κ1) is 56.7. The molecule has 2 aliphatic heterocycles. The highest BCUT2D eigenvalue weighted by Gasteiger charge is 2.62. The molecule has 384 valence electrons. The number of carbonyl (C=O) groups excluding carboxylic acids is 9. The summed E-state index contributed by atoms with van der Waals surface area (Å²) in [7, 11) is -6.06. The predicted molar refractivity (Wildman–Crippen MR) is 209 cm³/mol. The number of rotatable bonds is 20. The van der Waals surface area contributed by atoms with Crippen molar-refractivity contribution in [2.24, 2.45) is 0 Å². The monoisotopic (exact) mass is 1020 g/mol. The molecule has 29 nitrogen and oxygen atoms in total. The largest absolute Gasteiger partial charge is 0.477 e. The number of nitrogens with one attached hydrogen (secondary N) is 3. The van der Waals surface area contributed by atoms with Crippen LogP contribution in [0.3, 0.4) is 0 Å². The molecule has 0 aromatic carbocycles. The van der Waals surface area contributed by atoms with E-state index < -0.39 is 166 Å². The first-order chi connectivity index (χ1) is 31.8.